The van der Waals surface area contributed by atoms with Gasteiger partial charge in [-0.3, -0.25) is 14.9 Å². The molecule has 0 aliphatic heterocycles. The van der Waals surface area contributed by atoms with Gasteiger partial charge in [-0.05, 0) is 48.7 Å². The molecule has 4 N–H and O–H groups in total. The van der Waals surface area contributed by atoms with Crippen LogP contribution in [0.2, 0.25) is 10.0 Å². The lowest BCUT2D eigenvalue weighted by atomic mass is 10.1. The van der Waals surface area contributed by atoms with Crippen LogP contribution in [-0.4, -0.2) is 50.4 Å². The minimum atomic E-state index is -3.76. The average Bonchev–Trinajstić information content (AvgIpc) is 2.80. The van der Waals surface area contributed by atoms with Gasteiger partial charge in [-0.2, -0.15) is 0 Å². The number of rotatable bonds is 14. The molecule has 0 aromatic heterocycles. The van der Waals surface area contributed by atoms with Gasteiger partial charge in [-0.25, -0.2) is 8.42 Å². The number of nitrogen functional groups attached to an aromatic ring is 1. The number of nitro benzene ring substituents is 1. The number of esters is 1. The van der Waals surface area contributed by atoms with Crippen LogP contribution in [0.4, 0.5) is 11.4 Å². The Balaban J connectivity index is 1.62. The second-order valence-corrected chi connectivity index (χ2v) is 11.1. The maximum absolute atomic E-state index is 12.0. The fourth-order valence-corrected chi connectivity index (χ4v) is 4.72. The minimum Gasteiger partial charge on any atom is -0.465 e. The zero-order chi connectivity index (χ0) is 26.9. The van der Waals surface area contributed by atoms with Gasteiger partial charge in [0.15, 0.2) is 9.84 Å². The van der Waals surface area contributed by atoms with Gasteiger partial charge < -0.3 is 20.9 Å². The molecule has 0 saturated carbocycles. The van der Waals surface area contributed by atoms with E-state index in [0.29, 0.717) is 40.7 Å². The van der Waals surface area contributed by atoms with Crippen molar-refractivity contribution in [2.75, 3.05) is 31.7 Å². The summed E-state index contributed by atoms with van der Waals surface area (Å²) in [5.41, 5.74) is 6.29. The molecule has 13 heteroatoms. The standard InChI is InChI=1S/C23H29Cl2N3O7S/c1-36(33,34)21-7-6-15(10-19(21)28(31)32)11-22(30)35-9-5-3-2-4-8-27-14-20(29)16-12-17(24)23(26)18(25)13-16/h6-7,10,12-13,20,27,29H,2-5,8-9,11,14,26H2,1H3. The van der Waals surface area contributed by atoms with Crippen molar-refractivity contribution in [2.45, 2.75) is 43.1 Å². The Labute approximate surface area is 219 Å². The highest BCUT2D eigenvalue weighted by Gasteiger charge is 2.23. The van der Waals surface area contributed by atoms with Gasteiger partial charge in [0.25, 0.3) is 5.69 Å². The van der Waals surface area contributed by atoms with Crippen molar-refractivity contribution in [3.05, 3.63) is 61.6 Å². The Morgan fingerprint density at radius 1 is 1.17 bits per heavy atom. The Bertz CT molecular complexity index is 1170. The molecular weight excluding hydrogens is 533 g/mol. The van der Waals surface area contributed by atoms with E-state index < -0.39 is 37.4 Å². The Morgan fingerprint density at radius 3 is 2.42 bits per heavy atom. The molecule has 0 saturated heterocycles. The monoisotopic (exact) mass is 561 g/mol. The summed E-state index contributed by atoms with van der Waals surface area (Å²) in [7, 11) is -3.76. The molecule has 0 bridgehead atoms. The smallest absolute Gasteiger partial charge is 0.310 e. The number of nitrogens with zero attached hydrogens (tertiary/aromatic N) is 1. The Morgan fingerprint density at radius 2 is 1.81 bits per heavy atom. The summed E-state index contributed by atoms with van der Waals surface area (Å²) in [4.78, 5) is 22.0. The molecular formula is C23H29Cl2N3O7S. The SMILES string of the molecule is CS(=O)(=O)c1ccc(CC(=O)OCCCCCCNCC(O)c2cc(Cl)c(N)c(Cl)c2)cc1[N+](=O)[O-]. The fraction of sp³-hybridized carbons (Fsp3) is 0.435. The van der Waals surface area contributed by atoms with Crippen molar-refractivity contribution >= 4 is 50.4 Å². The number of hydrogen-bond acceptors (Lipinski definition) is 9. The maximum Gasteiger partial charge on any atom is 0.310 e. The van der Waals surface area contributed by atoms with Gasteiger partial charge in [0, 0.05) is 18.9 Å². The number of aliphatic hydroxyl groups excluding tert-OH is 1. The summed E-state index contributed by atoms with van der Waals surface area (Å²) >= 11 is 12.0. The van der Waals surface area contributed by atoms with Gasteiger partial charge in [-0.1, -0.05) is 42.1 Å². The largest absolute Gasteiger partial charge is 0.465 e. The van der Waals surface area contributed by atoms with Gasteiger partial charge in [0.05, 0.1) is 39.8 Å². The third-order valence-corrected chi connectivity index (χ3v) is 7.07. The summed E-state index contributed by atoms with van der Waals surface area (Å²) in [5.74, 6) is -0.546. The number of halogens is 2. The van der Waals surface area contributed by atoms with Crippen LogP contribution >= 0.6 is 23.2 Å². The van der Waals surface area contributed by atoms with Crippen molar-refractivity contribution in [3.63, 3.8) is 0 Å². The Kier molecular flexibility index (Phi) is 11.4. The molecule has 2 rings (SSSR count). The first-order chi connectivity index (χ1) is 16.9. The normalized spacial score (nSPS) is 12.3. The zero-order valence-corrected chi connectivity index (χ0v) is 22.0. The lowest BCUT2D eigenvalue weighted by Gasteiger charge is -2.14. The van der Waals surface area contributed by atoms with E-state index in [4.69, 9.17) is 33.7 Å². The van der Waals surface area contributed by atoms with Crippen molar-refractivity contribution in [1.29, 1.82) is 0 Å². The summed E-state index contributed by atoms with van der Waals surface area (Å²) < 4.78 is 28.5. The summed E-state index contributed by atoms with van der Waals surface area (Å²) in [5, 5.41) is 25.2. The predicted molar refractivity (Wildman–Crippen MR) is 138 cm³/mol. The number of ether oxygens (including phenoxy) is 1. The molecule has 198 valence electrons. The van der Waals surface area contributed by atoms with Crippen LogP contribution in [-0.2, 0) is 25.8 Å². The summed E-state index contributed by atoms with van der Waals surface area (Å²) in [6.07, 6.45) is 3.15. The van der Waals surface area contributed by atoms with Crippen LogP contribution in [0.5, 0.6) is 0 Å². The number of anilines is 1. The maximum atomic E-state index is 12.0. The van der Waals surface area contributed by atoms with Crippen molar-refractivity contribution in [2.24, 2.45) is 0 Å². The molecule has 1 unspecified atom stereocenters. The highest BCUT2D eigenvalue weighted by atomic mass is 35.5. The highest BCUT2D eigenvalue weighted by Crippen LogP contribution is 2.31. The molecule has 0 radical (unpaired) electrons. The molecule has 0 fully saturated rings. The number of nitrogens with one attached hydrogen (secondary N) is 1. The number of benzene rings is 2. The second kappa shape index (κ2) is 13.8. The van der Waals surface area contributed by atoms with E-state index in [2.05, 4.69) is 5.32 Å². The van der Waals surface area contributed by atoms with E-state index in [0.717, 1.165) is 37.7 Å². The van der Waals surface area contributed by atoms with Gasteiger partial charge in [0.1, 0.15) is 4.90 Å². The molecule has 2 aromatic carbocycles. The van der Waals surface area contributed by atoms with Gasteiger partial charge >= 0.3 is 5.97 Å². The molecule has 0 aliphatic rings. The van der Waals surface area contributed by atoms with Gasteiger partial charge in [0.2, 0.25) is 0 Å². The van der Waals surface area contributed by atoms with Gasteiger partial charge in [-0.15, -0.1) is 0 Å². The molecule has 0 spiro atoms. The molecule has 36 heavy (non-hydrogen) atoms. The molecule has 10 nitrogen and oxygen atoms in total. The average molecular weight is 562 g/mol. The first-order valence-corrected chi connectivity index (χ1v) is 13.8. The molecule has 0 heterocycles. The highest BCUT2D eigenvalue weighted by molar-refractivity contribution is 7.90. The minimum absolute atomic E-state index is 0.193. The number of carbonyl (C=O) groups is 1. The first kappa shape index (κ1) is 29.8. The van der Waals surface area contributed by atoms with E-state index in [1.165, 1.54) is 6.07 Å². The van der Waals surface area contributed by atoms with Crippen LogP contribution < -0.4 is 11.1 Å². The lowest BCUT2D eigenvalue weighted by Crippen LogP contribution is -2.22. The van der Waals surface area contributed by atoms with Crippen molar-refractivity contribution < 1.29 is 28.0 Å². The Hall–Kier alpha value is -2.44. The molecule has 2 aromatic rings. The van der Waals surface area contributed by atoms with Crippen LogP contribution in [0.25, 0.3) is 0 Å². The van der Waals surface area contributed by atoms with Crippen LogP contribution in [0.15, 0.2) is 35.2 Å². The predicted octanol–water partition coefficient (Wildman–Crippen LogP) is 3.86. The lowest BCUT2D eigenvalue weighted by molar-refractivity contribution is -0.387. The summed E-state index contributed by atoms with van der Waals surface area (Å²) in [6.45, 7) is 1.24. The number of aliphatic hydroxyl groups is 1. The summed E-state index contributed by atoms with van der Waals surface area (Å²) in [6, 6.07) is 6.75. The number of unbranched alkanes of at least 4 members (excludes halogenated alkanes) is 3. The second-order valence-electron chi connectivity index (χ2n) is 8.26. The topological polar surface area (TPSA) is 162 Å². The fourth-order valence-electron chi connectivity index (χ4n) is 3.39. The van der Waals surface area contributed by atoms with Crippen LogP contribution in [0.3, 0.4) is 0 Å². The van der Waals surface area contributed by atoms with E-state index in [9.17, 15) is 28.4 Å². The van der Waals surface area contributed by atoms with Crippen molar-refractivity contribution in [1.82, 2.24) is 5.32 Å². The van der Waals surface area contributed by atoms with E-state index in [1.54, 1.807) is 12.1 Å². The first-order valence-electron chi connectivity index (χ1n) is 11.2. The van der Waals surface area contributed by atoms with E-state index >= 15 is 0 Å². The van der Waals surface area contributed by atoms with E-state index in [1.807, 2.05) is 0 Å². The molecule has 0 aliphatic carbocycles. The quantitative estimate of drug-likeness (QED) is 0.102. The number of nitro groups is 1. The third-order valence-electron chi connectivity index (χ3n) is 5.30. The zero-order valence-electron chi connectivity index (χ0n) is 19.7. The van der Waals surface area contributed by atoms with E-state index in [-0.39, 0.29) is 18.7 Å². The van der Waals surface area contributed by atoms with Crippen molar-refractivity contribution in [3.8, 4) is 0 Å². The number of nitrogens with two attached hydrogens (primary N) is 1. The number of sulfone groups is 1. The molecule has 1 atom stereocenters. The van der Waals surface area contributed by atoms with Crippen LogP contribution in [0, 0.1) is 10.1 Å². The number of carbonyl (C=O) groups excluding carboxylic acids is 1. The van der Waals surface area contributed by atoms with Crippen LogP contribution in [0.1, 0.15) is 42.9 Å². The third kappa shape index (κ3) is 9.21. The number of hydrogen-bond donors (Lipinski definition) is 3. The molecule has 0 amide bonds.